The molecule has 0 unspecified atom stereocenters. The summed E-state index contributed by atoms with van der Waals surface area (Å²) in [5.41, 5.74) is 2.34. The van der Waals surface area contributed by atoms with Crippen molar-refractivity contribution in [3.63, 3.8) is 0 Å². The number of para-hydroxylation sites is 1. The Morgan fingerprint density at radius 2 is 1.81 bits per heavy atom. The molecule has 142 valence electrons. The number of nitrogens with one attached hydrogen (secondary N) is 1. The summed E-state index contributed by atoms with van der Waals surface area (Å²) in [5, 5.41) is 13.9. The van der Waals surface area contributed by atoms with Crippen LogP contribution in [0.3, 0.4) is 0 Å². The summed E-state index contributed by atoms with van der Waals surface area (Å²) in [4.78, 5) is 36.5. The van der Waals surface area contributed by atoms with E-state index in [1.807, 2.05) is 32.0 Å². The van der Waals surface area contributed by atoms with Crippen molar-refractivity contribution in [3.8, 4) is 5.75 Å². The van der Waals surface area contributed by atoms with E-state index in [2.05, 4.69) is 5.32 Å². The van der Waals surface area contributed by atoms with Crippen molar-refractivity contribution in [1.29, 1.82) is 0 Å². The summed E-state index contributed by atoms with van der Waals surface area (Å²) in [7, 11) is 2.77. The molecule has 8 nitrogen and oxygen atoms in total. The van der Waals surface area contributed by atoms with Gasteiger partial charge in [0.15, 0.2) is 5.75 Å². The molecule has 0 spiro atoms. The first-order valence-electron chi connectivity index (χ1n) is 8.18. The normalized spacial score (nSPS) is 10.2. The number of likely N-dealkylation sites (N-methyl/N-ethyl adjacent to an activating group) is 1. The van der Waals surface area contributed by atoms with Crippen molar-refractivity contribution in [2.24, 2.45) is 0 Å². The molecule has 0 bridgehead atoms. The Labute approximate surface area is 156 Å². The van der Waals surface area contributed by atoms with Gasteiger partial charge < -0.3 is 15.0 Å². The summed E-state index contributed by atoms with van der Waals surface area (Å²) >= 11 is 0. The van der Waals surface area contributed by atoms with Crippen LogP contribution in [0, 0.1) is 24.0 Å². The van der Waals surface area contributed by atoms with E-state index >= 15 is 0 Å². The van der Waals surface area contributed by atoms with Crippen molar-refractivity contribution in [2.75, 3.05) is 26.0 Å². The Morgan fingerprint density at radius 1 is 1.19 bits per heavy atom. The van der Waals surface area contributed by atoms with E-state index in [0.29, 0.717) is 5.69 Å². The molecule has 2 rings (SSSR count). The van der Waals surface area contributed by atoms with Gasteiger partial charge in [0.05, 0.1) is 18.6 Å². The number of hydrogen-bond donors (Lipinski definition) is 1. The minimum absolute atomic E-state index is 0.0620. The predicted molar refractivity (Wildman–Crippen MR) is 101 cm³/mol. The fourth-order valence-electron chi connectivity index (χ4n) is 2.66. The number of nitro groups is 1. The number of nitrogens with zero attached hydrogens (tertiary/aromatic N) is 2. The number of nitro benzene ring substituents is 1. The lowest BCUT2D eigenvalue weighted by Crippen LogP contribution is -2.35. The van der Waals surface area contributed by atoms with Gasteiger partial charge in [0.1, 0.15) is 0 Å². The third-order valence-corrected chi connectivity index (χ3v) is 4.10. The standard InChI is InChI=1S/C19H21N3O5/c1-12-6-5-7-13(2)18(12)20-17(23)11-21(3)19(24)14-8-9-16(27-4)15(10-14)22(25)26/h5-10H,11H2,1-4H3,(H,20,23). The predicted octanol–water partition coefficient (Wildman–Crippen LogP) is 2.93. The van der Waals surface area contributed by atoms with E-state index in [1.165, 1.54) is 31.2 Å². The van der Waals surface area contributed by atoms with Gasteiger partial charge in [-0.2, -0.15) is 0 Å². The lowest BCUT2D eigenvalue weighted by molar-refractivity contribution is -0.385. The van der Waals surface area contributed by atoms with Crippen LogP contribution in [0.2, 0.25) is 0 Å². The average Bonchev–Trinajstić information content (AvgIpc) is 2.63. The van der Waals surface area contributed by atoms with Crippen LogP contribution in [0.1, 0.15) is 21.5 Å². The zero-order chi connectivity index (χ0) is 20.1. The van der Waals surface area contributed by atoms with Gasteiger partial charge in [-0.3, -0.25) is 19.7 Å². The molecule has 8 heteroatoms. The van der Waals surface area contributed by atoms with Gasteiger partial charge >= 0.3 is 5.69 Å². The molecule has 0 fully saturated rings. The molecule has 27 heavy (non-hydrogen) atoms. The first kappa shape index (κ1) is 19.9. The summed E-state index contributed by atoms with van der Waals surface area (Å²) in [5.74, 6) is -0.796. The highest BCUT2D eigenvalue weighted by atomic mass is 16.6. The second kappa shape index (κ2) is 8.31. The molecule has 0 heterocycles. The zero-order valence-electron chi connectivity index (χ0n) is 15.6. The highest BCUT2D eigenvalue weighted by molar-refractivity contribution is 6.00. The Hall–Kier alpha value is -3.42. The smallest absolute Gasteiger partial charge is 0.311 e. The number of ether oxygens (including phenoxy) is 1. The summed E-state index contributed by atoms with van der Waals surface area (Å²) < 4.78 is 4.92. The van der Waals surface area contributed by atoms with Crippen LogP contribution in [-0.4, -0.2) is 42.3 Å². The number of carbonyl (C=O) groups is 2. The fraction of sp³-hybridized carbons (Fsp3) is 0.263. The molecule has 2 aromatic rings. The molecular formula is C19H21N3O5. The number of rotatable bonds is 6. The lowest BCUT2D eigenvalue weighted by Gasteiger charge is -2.18. The van der Waals surface area contributed by atoms with E-state index in [9.17, 15) is 19.7 Å². The summed E-state index contributed by atoms with van der Waals surface area (Å²) in [6.45, 7) is 3.58. The zero-order valence-corrected chi connectivity index (χ0v) is 15.6. The molecule has 0 aliphatic rings. The minimum atomic E-state index is -0.622. The van der Waals surface area contributed by atoms with E-state index in [4.69, 9.17) is 4.74 Å². The van der Waals surface area contributed by atoms with Crippen molar-refractivity contribution >= 4 is 23.2 Å². The second-order valence-electron chi connectivity index (χ2n) is 6.12. The topological polar surface area (TPSA) is 102 Å². The Morgan fingerprint density at radius 3 is 2.37 bits per heavy atom. The van der Waals surface area contributed by atoms with Crippen LogP contribution in [-0.2, 0) is 4.79 Å². The number of hydrogen-bond acceptors (Lipinski definition) is 5. The molecule has 0 atom stereocenters. The molecule has 0 aliphatic carbocycles. The summed E-state index contributed by atoms with van der Waals surface area (Å²) in [6.07, 6.45) is 0. The first-order chi connectivity index (χ1) is 12.7. The van der Waals surface area contributed by atoms with Crippen molar-refractivity contribution in [3.05, 3.63) is 63.2 Å². The molecule has 0 saturated carbocycles. The van der Waals surface area contributed by atoms with Gasteiger partial charge in [-0.1, -0.05) is 18.2 Å². The maximum Gasteiger partial charge on any atom is 0.311 e. The second-order valence-corrected chi connectivity index (χ2v) is 6.12. The number of anilines is 1. The van der Waals surface area contributed by atoms with Crippen LogP contribution < -0.4 is 10.1 Å². The number of aryl methyl sites for hydroxylation is 2. The molecule has 2 aromatic carbocycles. The van der Waals surface area contributed by atoms with Gasteiger partial charge in [0.2, 0.25) is 5.91 Å². The molecule has 0 saturated heterocycles. The number of methoxy groups -OCH3 is 1. The average molecular weight is 371 g/mol. The number of carbonyl (C=O) groups excluding carboxylic acids is 2. The van der Waals surface area contributed by atoms with Crippen LogP contribution in [0.25, 0.3) is 0 Å². The number of amides is 2. The fourth-order valence-corrected chi connectivity index (χ4v) is 2.66. The van der Waals surface area contributed by atoms with Gasteiger partial charge in [0.25, 0.3) is 5.91 Å². The quantitative estimate of drug-likeness (QED) is 0.621. The SMILES string of the molecule is COc1ccc(C(=O)N(C)CC(=O)Nc2c(C)cccc2C)cc1[N+](=O)[O-]. The monoisotopic (exact) mass is 371 g/mol. The maximum atomic E-state index is 12.5. The van der Waals surface area contributed by atoms with Gasteiger partial charge in [-0.15, -0.1) is 0 Å². The van der Waals surface area contributed by atoms with Gasteiger partial charge in [-0.05, 0) is 37.1 Å². The van der Waals surface area contributed by atoms with Crippen LogP contribution in [0.5, 0.6) is 5.75 Å². The van der Waals surface area contributed by atoms with Crippen LogP contribution in [0.4, 0.5) is 11.4 Å². The first-order valence-corrected chi connectivity index (χ1v) is 8.18. The highest BCUT2D eigenvalue weighted by Crippen LogP contribution is 2.28. The third kappa shape index (κ3) is 4.60. The Kier molecular flexibility index (Phi) is 6.12. The van der Waals surface area contributed by atoms with Crippen molar-refractivity contribution in [2.45, 2.75) is 13.8 Å². The van der Waals surface area contributed by atoms with Crippen molar-refractivity contribution in [1.82, 2.24) is 4.90 Å². The highest BCUT2D eigenvalue weighted by Gasteiger charge is 2.21. The molecular weight excluding hydrogens is 350 g/mol. The molecule has 0 radical (unpaired) electrons. The largest absolute Gasteiger partial charge is 0.490 e. The molecule has 0 aromatic heterocycles. The lowest BCUT2D eigenvalue weighted by atomic mass is 10.1. The van der Waals surface area contributed by atoms with E-state index in [1.54, 1.807) is 0 Å². The third-order valence-electron chi connectivity index (χ3n) is 4.10. The van der Waals surface area contributed by atoms with E-state index in [0.717, 1.165) is 17.2 Å². The molecule has 2 amide bonds. The molecule has 1 N–H and O–H groups in total. The molecule has 0 aliphatic heterocycles. The van der Waals surface area contributed by atoms with Gasteiger partial charge in [-0.25, -0.2) is 0 Å². The minimum Gasteiger partial charge on any atom is -0.490 e. The van der Waals surface area contributed by atoms with Crippen LogP contribution in [0.15, 0.2) is 36.4 Å². The summed E-state index contributed by atoms with van der Waals surface area (Å²) in [6, 6.07) is 9.58. The Bertz CT molecular complexity index is 875. The van der Waals surface area contributed by atoms with E-state index in [-0.39, 0.29) is 29.5 Å². The van der Waals surface area contributed by atoms with E-state index < -0.39 is 10.8 Å². The van der Waals surface area contributed by atoms with Crippen molar-refractivity contribution < 1.29 is 19.2 Å². The number of benzene rings is 2. The van der Waals surface area contributed by atoms with Gasteiger partial charge in [0, 0.05) is 24.4 Å². The Balaban J connectivity index is 2.12. The maximum absolute atomic E-state index is 12.5. The van der Waals surface area contributed by atoms with Crippen LogP contribution >= 0.6 is 0 Å².